The Hall–Kier alpha value is -2.83. The zero-order valence-corrected chi connectivity index (χ0v) is 13.9. The molecule has 7 heteroatoms. The maximum Gasteiger partial charge on any atom is 0.322 e. The smallest absolute Gasteiger partial charge is 0.322 e. The van der Waals surface area contributed by atoms with E-state index in [1.807, 2.05) is 30.3 Å². The van der Waals surface area contributed by atoms with Gasteiger partial charge in [-0.15, -0.1) is 0 Å². The first-order valence-electron chi connectivity index (χ1n) is 8.67. The minimum absolute atomic E-state index is 0.0760. The summed E-state index contributed by atoms with van der Waals surface area (Å²) in [6.07, 6.45) is 5.79. The van der Waals surface area contributed by atoms with Crippen molar-refractivity contribution in [1.82, 2.24) is 20.4 Å². The molecule has 1 aromatic carbocycles. The molecule has 3 amide bonds. The molecular weight excluding hydrogens is 318 g/mol. The molecule has 2 heterocycles. The summed E-state index contributed by atoms with van der Waals surface area (Å²) in [4.78, 5) is 26.3. The first kappa shape index (κ1) is 15.7. The van der Waals surface area contributed by atoms with Crippen molar-refractivity contribution in [2.45, 2.75) is 37.8 Å². The Kier molecular flexibility index (Phi) is 4.13. The number of nitrogens with zero attached hydrogens (tertiary/aromatic N) is 2. The predicted octanol–water partition coefficient (Wildman–Crippen LogP) is 2.35. The summed E-state index contributed by atoms with van der Waals surface area (Å²) in [6.45, 7) is 0.124. The average molecular weight is 339 g/mol. The van der Waals surface area contributed by atoms with Crippen LogP contribution < -0.4 is 10.6 Å². The van der Waals surface area contributed by atoms with E-state index >= 15 is 0 Å². The largest absolute Gasteiger partial charge is 0.350 e. The van der Waals surface area contributed by atoms with Gasteiger partial charge in [0.15, 0.2) is 0 Å². The van der Waals surface area contributed by atoms with Crippen molar-refractivity contribution in [3.63, 3.8) is 0 Å². The topological polar surface area (TPSA) is 90.1 Å². The average Bonchev–Trinajstić information content (AvgIpc) is 3.16. The number of benzene rings is 1. The number of amides is 3. The number of hydrogen-bond donors (Lipinski definition) is 3. The molecule has 1 saturated heterocycles. The summed E-state index contributed by atoms with van der Waals surface area (Å²) in [7, 11) is 0. The van der Waals surface area contributed by atoms with Gasteiger partial charge >= 0.3 is 6.03 Å². The minimum atomic E-state index is -0.207. The number of anilines is 1. The van der Waals surface area contributed by atoms with Crippen LogP contribution in [0.25, 0.3) is 11.3 Å². The summed E-state index contributed by atoms with van der Waals surface area (Å²) >= 11 is 0. The SMILES string of the molecule is O=C1CN(C(=O)Nc2ccc(-c3ccn[nH]3)cc2)[C@H]2CCCC[C@@H]2N1. The van der Waals surface area contributed by atoms with Gasteiger partial charge in [0.1, 0.15) is 6.54 Å². The molecule has 2 fully saturated rings. The van der Waals surface area contributed by atoms with Crippen LogP contribution in [0.5, 0.6) is 0 Å². The molecule has 1 aromatic heterocycles. The van der Waals surface area contributed by atoms with Crippen molar-refractivity contribution in [1.29, 1.82) is 0 Å². The van der Waals surface area contributed by atoms with Gasteiger partial charge in [0, 0.05) is 17.9 Å². The van der Waals surface area contributed by atoms with Crippen molar-refractivity contribution >= 4 is 17.6 Å². The fourth-order valence-electron chi connectivity index (χ4n) is 3.74. The van der Waals surface area contributed by atoms with Crippen LogP contribution in [-0.4, -0.2) is 45.7 Å². The fourth-order valence-corrected chi connectivity index (χ4v) is 3.74. The van der Waals surface area contributed by atoms with Crippen LogP contribution in [0, 0.1) is 0 Å². The van der Waals surface area contributed by atoms with Crippen molar-refractivity contribution in [3.05, 3.63) is 36.5 Å². The van der Waals surface area contributed by atoms with E-state index < -0.39 is 0 Å². The van der Waals surface area contributed by atoms with E-state index in [2.05, 4.69) is 20.8 Å². The van der Waals surface area contributed by atoms with Crippen LogP contribution >= 0.6 is 0 Å². The second-order valence-corrected chi connectivity index (χ2v) is 6.63. The molecule has 0 radical (unpaired) electrons. The van der Waals surface area contributed by atoms with Crippen LogP contribution in [0.2, 0.25) is 0 Å². The second kappa shape index (κ2) is 6.58. The van der Waals surface area contributed by atoms with Gasteiger partial charge < -0.3 is 15.5 Å². The molecule has 1 aliphatic carbocycles. The highest BCUT2D eigenvalue weighted by molar-refractivity contribution is 5.93. The number of urea groups is 1. The number of aromatic amines is 1. The lowest BCUT2D eigenvalue weighted by Gasteiger charge is -2.43. The van der Waals surface area contributed by atoms with Crippen LogP contribution in [0.15, 0.2) is 36.5 Å². The molecule has 25 heavy (non-hydrogen) atoms. The molecule has 130 valence electrons. The molecule has 0 spiro atoms. The van der Waals surface area contributed by atoms with Crippen molar-refractivity contribution < 1.29 is 9.59 Å². The highest BCUT2D eigenvalue weighted by Crippen LogP contribution is 2.26. The van der Waals surface area contributed by atoms with Gasteiger partial charge in [0.2, 0.25) is 5.91 Å². The molecule has 2 aliphatic rings. The standard InChI is InChI=1S/C18H21N5O2/c24-17-11-23(16-4-2-1-3-15(16)21-17)18(25)20-13-7-5-12(6-8-13)14-9-10-19-22-14/h5-10,15-16H,1-4,11H2,(H,19,22)(H,20,25)(H,21,24)/t15-,16-/m0/s1. The maximum atomic E-state index is 12.7. The highest BCUT2D eigenvalue weighted by Gasteiger charge is 2.38. The summed E-state index contributed by atoms with van der Waals surface area (Å²) in [5, 5.41) is 12.8. The molecule has 3 N–H and O–H groups in total. The van der Waals surface area contributed by atoms with E-state index in [9.17, 15) is 9.59 Å². The van der Waals surface area contributed by atoms with Crippen LogP contribution in [0.3, 0.4) is 0 Å². The summed E-state index contributed by atoms with van der Waals surface area (Å²) in [5.41, 5.74) is 2.64. The third-order valence-corrected chi connectivity index (χ3v) is 5.00. The number of fused-ring (bicyclic) bond motifs is 1. The van der Waals surface area contributed by atoms with Crippen molar-refractivity contribution in [3.8, 4) is 11.3 Å². The molecule has 4 rings (SSSR count). The zero-order valence-electron chi connectivity index (χ0n) is 13.9. The van der Waals surface area contributed by atoms with Crippen molar-refractivity contribution in [2.24, 2.45) is 0 Å². The Morgan fingerprint density at radius 2 is 1.96 bits per heavy atom. The Balaban J connectivity index is 1.46. The van der Waals surface area contributed by atoms with Gasteiger partial charge in [0.25, 0.3) is 0 Å². The van der Waals surface area contributed by atoms with E-state index in [1.165, 1.54) is 0 Å². The molecule has 0 unspecified atom stereocenters. The number of hydrogen-bond acceptors (Lipinski definition) is 3. The number of piperazine rings is 1. The second-order valence-electron chi connectivity index (χ2n) is 6.63. The van der Waals surface area contributed by atoms with E-state index in [1.54, 1.807) is 11.1 Å². The lowest BCUT2D eigenvalue weighted by atomic mass is 9.87. The fraction of sp³-hybridized carbons (Fsp3) is 0.389. The van der Waals surface area contributed by atoms with E-state index in [4.69, 9.17) is 0 Å². The summed E-state index contributed by atoms with van der Waals surface area (Å²) in [6, 6.07) is 9.43. The maximum absolute atomic E-state index is 12.7. The molecule has 1 saturated carbocycles. The predicted molar refractivity (Wildman–Crippen MR) is 93.9 cm³/mol. The summed E-state index contributed by atoms with van der Waals surface area (Å²) in [5.74, 6) is -0.0760. The number of rotatable bonds is 2. The Bertz CT molecular complexity index is 756. The van der Waals surface area contributed by atoms with E-state index in [0.717, 1.165) is 36.9 Å². The van der Waals surface area contributed by atoms with Crippen molar-refractivity contribution in [2.75, 3.05) is 11.9 Å². The Labute approximate surface area is 145 Å². The third-order valence-electron chi connectivity index (χ3n) is 5.00. The highest BCUT2D eigenvalue weighted by atomic mass is 16.2. The number of carbonyl (C=O) groups is 2. The van der Waals surface area contributed by atoms with Crippen LogP contribution in [0.1, 0.15) is 25.7 Å². The third kappa shape index (κ3) is 3.22. The minimum Gasteiger partial charge on any atom is -0.350 e. The van der Waals surface area contributed by atoms with E-state index in [-0.39, 0.29) is 30.6 Å². The number of aromatic nitrogens is 2. The normalized spacial score (nSPS) is 22.9. The molecule has 7 nitrogen and oxygen atoms in total. The zero-order chi connectivity index (χ0) is 17.2. The van der Waals surface area contributed by atoms with Gasteiger partial charge in [-0.1, -0.05) is 25.0 Å². The van der Waals surface area contributed by atoms with Gasteiger partial charge in [-0.25, -0.2) is 4.79 Å². The molecule has 0 bridgehead atoms. The monoisotopic (exact) mass is 339 g/mol. The lowest BCUT2D eigenvalue weighted by Crippen LogP contribution is -2.63. The Morgan fingerprint density at radius 3 is 2.72 bits per heavy atom. The van der Waals surface area contributed by atoms with Crippen LogP contribution in [-0.2, 0) is 4.79 Å². The first-order chi connectivity index (χ1) is 12.2. The molecule has 2 aromatic rings. The number of nitrogens with one attached hydrogen (secondary N) is 3. The quantitative estimate of drug-likeness (QED) is 0.784. The van der Waals surface area contributed by atoms with Crippen LogP contribution in [0.4, 0.5) is 10.5 Å². The lowest BCUT2D eigenvalue weighted by molar-refractivity contribution is -0.126. The van der Waals surface area contributed by atoms with Gasteiger partial charge in [-0.2, -0.15) is 5.10 Å². The first-order valence-corrected chi connectivity index (χ1v) is 8.67. The Morgan fingerprint density at radius 1 is 1.16 bits per heavy atom. The van der Waals surface area contributed by atoms with E-state index in [0.29, 0.717) is 5.69 Å². The van der Waals surface area contributed by atoms with Gasteiger partial charge in [-0.05, 0) is 36.6 Å². The summed E-state index contributed by atoms with van der Waals surface area (Å²) < 4.78 is 0. The van der Waals surface area contributed by atoms with Gasteiger partial charge in [0.05, 0.1) is 11.7 Å². The van der Waals surface area contributed by atoms with Gasteiger partial charge in [-0.3, -0.25) is 9.89 Å². The number of carbonyl (C=O) groups excluding carboxylic acids is 2. The molecular formula is C18H21N5O2. The molecule has 1 aliphatic heterocycles. The number of H-pyrrole nitrogens is 1. The molecule has 2 atom stereocenters.